The molecule has 0 amide bonds. The van der Waals surface area contributed by atoms with Gasteiger partial charge < -0.3 is 20.1 Å². The maximum absolute atomic E-state index is 5.92. The van der Waals surface area contributed by atoms with Crippen LogP contribution in [-0.2, 0) is 4.74 Å². The summed E-state index contributed by atoms with van der Waals surface area (Å²) in [5, 5.41) is 0. The van der Waals surface area contributed by atoms with E-state index in [1.54, 1.807) is 13.2 Å². The Hall–Kier alpha value is -1.49. The fourth-order valence-electron chi connectivity index (χ4n) is 1.82. The first-order chi connectivity index (χ1) is 7.70. The first-order valence-electron chi connectivity index (χ1n) is 5.37. The molecule has 1 saturated heterocycles. The van der Waals surface area contributed by atoms with Crippen LogP contribution in [0, 0.1) is 0 Å². The molecule has 0 aliphatic carbocycles. The molecule has 1 fully saturated rings. The van der Waals surface area contributed by atoms with Crippen LogP contribution in [0.25, 0.3) is 0 Å². The van der Waals surface area contributed by atoms with Crippen LogP contribution in [0.2, 0.25) is 0 Å². The first kappa shape index (κ1) is 11.0. The second kappa shape index (κ2) is 4.57. The number of nitrogens with zero attached hydrogens (tertiary/aromatic N) is 2. The molecule has 1 aliphatic rings. The van der Waals surface area contributed by atoms with Crippen molar-refractivity contribution in [1.82, 2.24) is 4.98 Å². The van der Waals surface area contributed by atoms with Gasteiger partial charge in [0.15, 0.2) is 5.82 Å². The number of methoxy groups -OCH3 is 1. The van der Waals surface area contributed by atoms with Crippen molar-refractivity contribution in [3.05, 3.63) is 12.1 Å². The Kier molecular flexibility index (Phi) is 3.14. The van der Waals surface area contributed by atoms with Gasteiger partial charge >= 0.3 is 0 Å². The van der Waals surface area contributed by atoms with E-state index in [-0.39, 0.29) is 6.10 Å². The summed E-state index contributed by atoms with van der Waals surface area (Å²) in [6, 6.07) is 3.59. The summed E-state index contributed by atoms with van der Waals surface area (Å²) in [7, 11) is 1.60. The van der Waals surface area contributed by atoms with Gasteiger partial charge in [-0.3, -0.25) is 0 Å². The number of hydrogen-bond acceptors (Lipinski definition) is 5. The summed E-state index contributed by atoms with van der Waals surface area (Å²) in [4.78, 5) is 6.50. The van der Waals surface area contributed by atoms with Crippen LogP contribution in [0.1, 0.15) is 6.92 Å². The molecule has 5 heteroatoms. The number of rotatable bonds is 2. The van der Waals surface area contributed by atoms with Crippen molar-refractivity contribution in [2.45, 2.75) is 13.0 Å². The van der Waals surface area contributed by atoms with E-state index >= 15 is 0 Å². The fourth-order valence-corrected chi connectivity index (χ4v) is 1.82. The largest absolute Gasteiger partial charge is 0.481 e. The van der Waals surface area contributed by atoms with E-state index in [0.717, 1.165) is 18.9 Å². The van der Waals surface area contributed by atoms with Crippen molar-refractivity contribution < 1.29 is 9.47 Å². The molecule has 2 heterocycles. The van der Waals surface area contributed by atoms with E-state index in [1.165, 1.54) is 0 Å². The number of aromatic nitrogens is 1. The molecule has 0 radical (unpaired) electrons. The van der Waals surface area contributed by atoms with Gasteiger partial charge in [0, 0.05) is 19.2 Å². The highest BCUT2D eigenvalue weighted by atomic mass is 16.5. The zero-order valence-electron chi connectivity index (χ0n) is 9.64. The number of nitrogens with two attached hydrogens (primary N) is 1. The molecule has 0 bridgehead atoms. The average molecular weight is 223 g/mol. The van der Waals surface area contributed by atoms with Crippen LogP contribution in [0.15, 0.2) is 12.1 Å². The van der Waals surface area contributed by atoms with Crippen molar-refractivity contribution in [2.75, 3.05) is 37.4 Å². The summed E-state index contributed by atoms with van der Waals surface area (Å²) >= 11 is 0. The van der Waals surface area contributed by atoms with Crippen LogP contribution in [-0.4, -0.2) is 37.9 Å². The molecule has 1 atom stereocenters. The third-order valence-corrected chi connectivity index (χ3v) is 2.63. The molecule has 1 aliphatic heterocycles. The Morgan fingerprint density at radius 1 is 1.56 bits per heavy atom. The number of morpholine rings is 1. The molecule has 1 aromatic heterocycles. The molecule has 0 aromatic carbocycles. The minimum Gasteiger partial charge on any atom is -0.481 e. The second-order valence-corrected chi connectivity index (χ2v) is 3.89. The SMILES string of the molecule is COc1ccc(N)c(N2CCOC(C)C2)n1. The van der Waals surface area contributed by atoms with Gasteiger partial charge in [-0.05, 0) is 13.0 Å². The van der Waals surface area contributed by atoms with Gasteiger partial charge in [-0.2, -0.15) is 4.98 Å². The molecule has 1 aromatic rings. The number of pyridine rings is 1. The van der Waals surface area contributed by atoms with Crippen LogP contribution < -0.4 is 15.4 Å². The summed E-state index contributed by atoms with van der Waals surface area (Å²) in [5.41, 5.74) is 6.60. The third-order valence-electron chi connectivity index (χ3n) is 2.63. The lowest BCUT2D eigenvalue weighted by atomic mass is 10.2. The van der Waals surface area contributed by atoms with Gasteiger partial charge in [0.2, 0.25) is 5.88 Å². The predicted octanol–water partition coefficient (Wildman–Crippen LogP) is 0.897. The van der Waals surface area contributed by atoms with Crippen LogP contribution in [0.5, 0.6) is 5.88 Å². The molecule has 88 valence electrons. The second-order valence-electron chi connectivity index (χ2n) is 3.89. The van der Waals surface area contributed by atoms with Gasteiger partial charge in [-0.25, -0.2) is 0 Å². The Morgan fingerprint density at radius 3 is 3.06 bits per heavy atom. The lowest BCUT2D eigenvalue weighted by Gasteiger charge is -2.32. The fraction of sp³-hybridized carbons (Fsp3) is 0.545. The highest BCUT2D eigenvalue weighted by Gasteiger charge is 2.20. The summed E-state index contributed by atoms with van der Waals surface area (Å²) in [6.45, 7) is 4.38. The van der Waals surface area contributed by atoms with Crippen LogP contribution in [0.3, 0.4) is 0 Å². The van der Waals surface area contributed by atoms with Crippen molar-refractivity contribution in [2.24, 2.45) is 0 Å². The summed E-state index contributed by atoms with van der Waals surface area (Å²) in [5.74, 6) is 1.37. The van der Waals surface area contributed by atoms with Crippen LogP contribution >= 0.6 is 0 Å². The van der Waals surface area contributed by atoms with Gasteiger partial charge in [0.25, 0.3) is 0 Å². The predicted molar refractivity (Wildman–Crippen MR) is 62.8 cm³/mol. The molecule has 2 rings (SSSR count). The summed E-state index contributed by atoms with van der Waals surface area (Å²) < 4.78 is 10.6. The number of nitrogen functional groups attached to an aromatic ring is 1. The molecule has 16 heavy (non-hydrogen) atoms. The van der Waals surface area contributed by atoms with E-state index in [4.69, 9.17) is 15.2 Å². The number of ether oxygens (including phenoxy) is 2. The lowest BCUT2D eigenvalue weighted by molar-refractivity contribution is 0.0529. The molecule has 5 nitrogen and oxygen atoms in total. The van der Waals surface area contributed by atoms with E-state index in [9.17, 15) is 0 Å². The molecular weight excluding hydrogens is 206 g/mol. The summed E-state index contributed by atoms with van der Waals surface area (Å²) in [6.07, 6.45) is 0.209. The quantitative estimate of drug-likeness (QED) is 0.807. The molecule has 0 saturated carbocycles. The minimum atomic E-state index is 0.209. The van der Waals surface area contributed by atoms with Gasteiger partial charge in [-0.1, -0.05) is 0 Å². The van der Waals surface area contributed by atoms with Crippen molar-refractivity contribution in [3.8, 4) is 5.88 Å². The zero-order chi connectivity index (χ0) is 11.5. The first-order valence-corrected chi connectivity index (χ1v) is 5.37. The number of hydrogen-bond donors (Lipinski definition) is 1. The molecule has 2 N–H and O–H groups in total. The Bertz CT molecular complexity index is 370. The molecular formula is C11H17N3O2. The maximum Gasteiger partial charge on any atom is 0.215 e. The minimum absolute atomic E-state index is 0.209. The van der Waals surface area contributed by atoms with Crippen LogP contribution in [0.4, 0.5) is 11.5 Å². The molecule has 0 spiro atoms. The van der Waals surface area contributed by atoms with E-state index in [2.05, 4.69) is 9.88 Å². The monoisotopic (exact) mass is 223 g/mol. The van der Waals surface area contributed by atoms with Crippen molar-refractivity contribution >= 4 is 11.5 Å². The van der Waals surface area contributed by atoms with E-state index < -0.39 is 0 Å². The smallest absolute Gasteiger partial charge is 0.215 e. The number of anilines is 2. The van der Waals surface area contributed by atoms with Crippen molar-refractivity contribution in [3.63, 3.8) is 0 Å². The van der Waals surface area contributed by atoms with Gasteiger partial charge in [-0.15, -0.1) is 0 Å². The Morgan fingerprint density at radius 2 is 2.38 bits per heavy atom. The third kappa shape index (κ3) is 2.19. The lowest BCUT2D eigenvalue weighted by Crippen LogP contribution is -2.41. The Labute approximate surface area is 95.2 Å². The molecule has 1 unspecified atom stereocenters. The topological polar surface area (TPSA) is 60.6 Å². The van der Waals surface area contributed by atoms with Gasteiger partial charge in [0.1, 0.15) is 0 Å². The normalized spacial score (nSPS) is 20.9. The highest BCUT2D eigenvalue weighted by molar-refractivity contribution is 5.63. The van der Waals surface area contributed by atoms with E-state index in [0.29, 0.717) is 18.2 Å². The average Bonchev–Trinajstić information content (AvgIpc) is 2.30. The van der Waals surface area contributed by atoms with Crippen molar-refractivity contribution in [1.29, 1.82) is 0 Å². The van der Waals surface area contributed by atoms with E-state index in [1.807, 2.05) is 13.0 Å². The highest BCUT2D eigenvalue weighted by Crippen LogP contribution is 2.25. The standard InChI is InChI=1S/C11H17N3O2/c1-8-7-14(5-6-16-8)11-9(12)3-4-10(13-11)15-2/h3-4,8H,5-7,12H2,1-2H3. The Balaban J connectivity index is 2.24. The maximum atomic E-state index is 5.92. The van der Waals surface area contributed by atoms with Gasteiger partial charge in [0.05, 0.1) is 25.5 Å². The zero-order valence-corrected chi connectivity index (χ0v) is 9.64.